The third kappa shape index (κ3) is 1.98. The van der Waals surface area contributed by atoms with E-state index in [2.05, 4.69) is 10.4 Å². The van der Waals surface area contributed by atoms with Crippen LogP contribution >= 0.6 is 11.6 Å². The molecule has 3 unspecified atom stereocenters. The van der Waals surface area contributed by atoms with Crippen molar-refractivity contribution in [2.45, 2.75) is 51.0 Å². The Labute approximate surface area is 106 Å². The van der Waals surface area contributed by atoms with Crippen molar-refractivity contribution < 1.29 is 4.74 Å². The van der Waals surface area contributed by atoms with Crippen molar-refractivity contribution in [2.24, 2.45) is 7.05 Å². The fraction of sp³-hybridized carbons (Fsp3) is 0.750. The van der Waals surface area contributed by atoms with Gasteiger partial charge >= 0.3 is 0 Å². The lowest BCUT2D eigenvalue weighted by Crippen LogP contribution is -2.37. The lowest BCUT2D eigenvalue weighted by Gasteiger charge is -2.19. The molecule has 2 aliphatic heterocycles. The molecule has 17 heavy (non-hydrogen) atoms. The van der Waals surface area contributed by atoms with Gasteiger partial charge in [0.25, 0.3) is 0 Å². The van der Waals surface area contributed by atoms with Crippen LogP contribution in [0.4, 0.5) is 0 Å². The molecule has 5 heteroatoms. The molecule has 0 radical (unpaired) electrons. The largest absolute Gasteiger partial charge is 0.373 e. The number of hydrogen-bond acceptors (Lipinski definition) is 3. The zero-order chi connectivity index (χ0) is 12.0. The maximum atomic E-state index is 6.21. The van der Waals surface area contributed by atoms with Crippen LogP contribution in [0, 0.1) is 6.92 Å². The predicted octanol–water partition coefficient (Wildman–Crippen LogP) is 1.79. The quantitative estimate of drug-likeness (QED) is 0.895. The number of aromatic nitrogens is 2. The van der Waals surface area contributed by atoms with Crippen molar-refractivity contribution in [3.8, 4) is 0 Å². The Morgan fingerprint density at radius 1 is 1.53 bits per heavy atom. The van der Waals surface area contributed by atoms with Crippen molar-refractivity contribution in [1.82, 2.24) is 15.1 Å². The summed E-state index contributed by atoms with van der Waals surface area (Å²) in [5.74, 6) is 0. The average Bonchev–Trinajstić information content (AvgIpc) is 2.95. The van der Waals surface area contributed by atoms with E-state index in [0.717, 1.165) is 29.4 Å². The van der Waals surface area contributed by atoms with Crippen molar-refractivity contribution in [1.29, 1.82) is 0 Å². The Hall–Kier alpha value is -0.580. The number of ether oxygens (including phenoxy) is 1. The van der Waals surface area contributed by atoms with E-state index in [9.17, 15) is 0 Å². The summed E-state index contributed by atoms with van der Waals surface area (Å²) in [6.07, 6.45) is 4.47. The van der Waals surface area contributed by atoms with E-state index in [1.807, 2.05) is 14.0 Å². The SMILES string of the molecule is Cc1nn(C)c(Cl)c1CNC1CC2CCC1O2. The topological polar surface area (TPSA) is 39.1 Å². The van der Waals surface area contributed by atoms with Crippen LogP contribution in [0.3, 0.4) is 0 Å². The third-order valence-electron chi connectivity index (χ3n) is 3.92. The zero-order valence-corrected chi connectivity index (χ0v) is 11.0. The predicted molar refractivity (Wildman–Crippen MR) is 66.1 cm³/mol. The number of aryl methyl sites for hydroxylation is 2. The number of halogens is 1. The second-order valence-corrected chi connectivity index (χ2v) is 5.43. The minimum absolute atomic E-state index is 0.413. The van der Waals surface area contributed by atoms with Gasteiger partial charge in [0.2, 0.25) is 0 Å². The second kappa shape index (κ2) is 4.26. The second-order valence-electron chi connectivity index (χ2n) is 5.08. The minimum Gasteiger partial charge on any atom is -0.373 e. The molecule has 3 atom stereocenters. The van der Waals surface area contributed by atoms with Crippen LogP contribution in [-0.4, -0.2) is 28.0 Å². The first-order valence-corrected chi connectivity index (χ1v) is 6.59. The molecule has 0 amide bonds. The lowest BCUT2D eigenvalue weighted by molar-refractivity contribution is 0.0973. The molecule has 1 aromatic heterocycles. The molecule has 0 spiro atoms. The number of nitrogens with one attached hydrogen (secondary N) is 1. The summed E-state index contributed by atoms with van der Waals surface area (Å²) < 4.78 is 7.55. The van der Waals surface area contributed by atoms with Gasteiger partial charge in [-0.1, -0.05) is 11.6 Å². The van der Waals surface area contributed by atoms with Gasteiger partial charge in [0, 0.05) is 25.2 Å². The van der Waals surface area contributed by atoms with Gasteiger partial charge in [-0.2, -0.15) is 5.10 Å². The number of fused-ring (bicyclic) bond motifs is 2. The zero-order valence-electron chi connectivity index (χ0n) is 10.2. The van der Waals surface area contributed by atoms with E-state index in [-0.39, 0.29) is 0 Å². The summed E-state index contributed by atoms with van der Waals surface area (Å²) in [4.78, 5) is 0. The Bertz CT molecular complexity index is 432. The molecular weight excluding hydrogens is 238 g/mol. The van der Waals surface area contributed by atoms with Crippen molar-refractivity contribution >= 4 is 11.6 Å². The summed E-state index contributed by atoms with van der Waals surface area (Å²) >= 11 is 6.21. The van der Waals surface area contributed by atoms with E-state index < -0.39 is 0 Å². The summed E-state index contributed by atoms with van der Waals surface area (Å²) in [7, 11) is 1.87. The summed E-state index contributed by atoms with van der Waals surface area (Å²) in [6, 6.07) is 0.490. The number of rotatable bonds is 3. The van der Waals surface area contributed by atoms with Crippen LogP contribution in [0.2, 0.25) is 5.15 Å². The minimum atomic E-state index is 0.413. The highest BCUT2D eigenvalue weighted by Gasteiger charge is 2.40. The Kier molecular flexibility index (Phi) is 2.89. The van der Waals surface area contributed by atoms with Gasteiger partial charge in [-0.05, 0) is 26.2 Å². The fourth-order valence-corrected chi connectivity index (χ4v) is 3.20. The highest BCUT2D eigenvalue weighted by molar-refractivity contribution is 6.30. The summed E-state index contributed by atoms with van der Waals surface area (Å²) in [5, 5.41) is 8.61. The van der Waals surface area contributed by atoms with E-state index in [1.54, 1.807) is 4.68 Å². The van der Waals surface area contributed by atoms with Crippen LogP contribution in [-0.2, 0) is 18.3 Å². The molecule has 94 valence electrons. The molecule has 4 nitrogen and oxygen atoms in total. The van der Waals surface area contributed by atoms with E-state index in [0.29, 0.717) is 18.2 Å². The summed E-state index contributed by atoms with van der Waals surface area (Å²) in [6.45, 7) is 2.79. The average molecular weight is 256 g/mol. The van der Waals surface area contributed by atoms with Gasteiger partial charge < -0.3 is 10.1 Å². The third-order valence-corrected chi connectivity index (χ3v) is 4.39. The Morgan fingerprint density at radius 2 is 2.35 bits per heavy atom. The van der Waals surface area contributed by atoms with Crippen molar-refractivity contribution in [2.75, 3.05) is 0 Å². The van der Waals surface area contributed by atoms with Crippen LogP contribution in [0.25, 0.3) is 0 Å². The van der Waals surface area contributed by atoms with Gasteiger partial charge in [-0.25, -0.2) is 0 Å². The van der Waals surface area contributed by atoms with E-state index in [4.69, 9.17) is 16.3 Å². The molecule has 3 rings (SSSR count). The van der Waals surface area contributed by atoms with Crippen LogP contribution < -0.4 is 5.32 Å². The monoisotopic (exact) mass is 255 g/mol. The smallest absolute Gasteiger partial charge is 0.131 e. The Balaban J connectivity index is 1.64. The number of nitrogens with zero attached hydrogens (tertiary/aromatic N) is 2. The van der Waals surface area contributed by atoms with Crippen LogP contribution in [0.5, 0.6) is 0 Å². The standard InChI is InChI=1S/C12H18ClN3O/c1-7-9(12(13)16(2)15-7)6-14-10-5-8-3-4-11(10)17-8/h8,10-11,14H,3-6H2,1-2H3. The molecule has 1 N–H and O–H groups in total. The molecule has 0 aromatic carbocycles. The molecule has 3 heterocycles. The molecule has 2 fully saturated rings. The van der Waals surface area contributed by atoms with E-state index >= 15 is 0 Å². The first kappa shape index (κ1) is 11.5. The van der Waals surface area contributed by atoms with Crippen molar-refractivity contribution in [3.63, 3.8) is 0 Å². The first-order chi connectivity index (χ1) is 8.15. The maximum absolute atomic E-state index is 6.21. The first-order valence-electron chi connectivity index (χ1n) is 6.22. The molecule has 2 saturated heterocycles. The van der Waals surface area contributed by atoms with Gasteiger partial charge in [-0.3, -0.25) is 4.68 Å². The fourth-order valence-electron chi connectivity index (χ4n) is 2.96. The molecule has 1 aromatic rings. The highest BCUT2D eigenvalue weighted by Crippen LogP contribution is 2.34. The van der Waals surface area contributed by atoms with Gasteiger partial charge in [0.15, 0.2) is 0 Å². The molecule has 2 aliphatic rings. The Morgan fingerprint density at radius 3 is 2.88 bits per heavy atom. The highest BCUT2D eigenvalue weighted by atomic mass is 35.5. The summed E-state index contributed by atoms with van der Waals surface area (Å²) in [5.41, 5.74) is 2.12. The van der Waals surface area contributed by atoms with Crippen molar-refractivity contribution in [3.05, 3.63) is 16.4 Å². The molecular formula is C12H18ClN3O. The van der Waals surface area contributed by atoms with E-state index in [1.165, 1.54) is 12.8 Å². The van der Waals surface area contributed by atoms with Crippen LogP contribution in [0.15, 0.2) is 0 Å². The van der Waals surface area contributed by atoms with Gasteiger partial charge in [0.05, 0.1) is 17.9 Å². The number of hydrogen-bond donors (Lipinski definition) is 1. The van der Waals surface area contributed by atoms with Crippen LogP contribution in [0.1, 0.15) is 30.5 Å². The normalized spacial score (nSPS) is 31.4. The molecule has 2 bridgehead atoms. The maximum Gasteiger partial charge on any atom is 0.131 e. The molecule has 0 saturated carbocycles. The molecule has 0 aliphatic carbocycles. The van der Waals surface area contributed by atoms with Gasteiger partial charge in [-0.15, -0.1) is 0 Å². The lowest BCUT2D eigenvalue weighted by atomic mass is 9.95. The van der Waals surface area contributed by atoms with Gasteiger partial charge in [0.1, 0.15) is 5.15 Å².